The lowest BCUT2D eigenvalue weighted by atomic mass is 10.2. The number of rotatable bonds is 2. The molecule has 4 rings (SSSR count). The molecule has 11 nitrogen and oxygen atoms in total. The van der Waals surface area contributed by atoms with E-state index in [4.69, 9.17) is 37.9 Å². The van der Waals surface area contributed by atoms with Crippen LogP contribution in [0.3, 0.4) is 0 Å². The van der Waals surface area contributed by atoms with Gasteiger partial charge >= 0.3 is 6.03 Å². The SMILES string of the molecule is O=C(Nc1ccc2c(c1)OCCOCCOCCO2)Nc1ccc2c(c1)OCCOCCOCCO2. The molecule has 0 atom stereocenters. The maximum atomic E-state index is 12.7. The van der Waals surface area contributed by atoms with Crippen LogP contribution in [0, 0.1) is 0 Å². The summed E-state index contributed by atoms with van der Waals surface area (Å²) in [5, 5.41) is 5.63. The molecule has 0 saturated carbocycles. The zero-order valence-electron chi connectivity index (χ0n) is 20.1. The topological polar surface area (TPSA) is 115 Å². The second kappa shape index (κ2) is 14.3. The maximum absolute atomic E-state index is 12.7. The number of hydrogen-bond acceptors (Lipinski definition) is 9. The van der Waals surface area contributed by atoms with E-state index in [2.05, 4.69) is 10.6 Å². The van der Waals surface area contributed by atoms with Gasteiger partial charge in [-0.15, -0.1) is 0 Å². The third kappa shape index (κ3) is 8.45. The predicted molar refractivity (Wildman–Crippen MR) is 131 cm³/mol. The van der Waals surface area contributed by atoms with Crippen LogP contribution in [0.1, 0.15) is 0 Å². The Kier molecular flexibility index (Phi) is 10.3. The van der Waals surface area contributed by atoms with Crippen molar-refractivity contribution in [3.05, 3.63) is 36.4 Å². The van der Waals surface area contributed by atoms with Crippen LogP contribution >= 0.6 is 0 Å². The number of carbonyl (C=O) groups is 1. The van der Waals surface area contributed by atoms with Crippen molar-refractivity contribution in [1.29, 1.82) is 0 Å². The summed E-state index contributed by atoms with van der Waals surface area (Å²) in [6.07, 6.45) is 0. The lowest BCUT2D eigenvalue weighted by Gasteiger charge is -2.17. The first kappa shape index (κ1) is 25.8. The Hall–Kier alpha value is -3.25. The van der Waals surface area contributed by atoms with Crippen molar-refractivity contribution in [3.8, 4) is 23.0 Å². The van der Waals surface area contributed by atoms with Crippen LogP contribution in [0.4, 0.5) is 16.2 Å². The Balaban J connectivity index is 1.38. The quantitative estimate of drug-likeness (QED) is 0.637. The van der Waals surface area contributed by atoms with Gasteiger partial charge in [-0.25, -0.2) is 4.79 Å². The molecule has 2 aromatic rings. The first-order chi connectivity index (χ1) is 17.8. The highest BCUT2D eigenvalue weighted by atomic mass is 16.6. The standard InChI is InChI=1S/C25H32N2O9/c28-25(26-19-1-3-21-23(17-19)35-15-11-31-7-5-29-9-13-33-21)27-20-2-4-22-24(18-20)36-16-12-32-8-6-30-10-14-34-22/h1-4,17-18H,5-16H2,(H2,26,27,28). The lowest BCUT2D eigenvalue weighted by Crippen LogP contribution is -2.20. The van der Waals surface area contributed by atoms with Gasteiger partial charge in [0.15, 0.2) is 23.0 Å². The Labute approximate surface area is 209 Å². The average molecular weight is 505 g/mol. The Morgan fingerprint density at radius 1 is 0.472 bits per heavy atom. The highest BCUT2D eigenvalue weighted by Crippen LogP contribution is 2.32. The van der Waals surface area contributed by atoms with Gasteiger partial charge in [-0.3, -0.25) is 0 Å². The highest BCUT2D eigenvalue weighted by Gasteiger charge is 2.13. The van der Waals surface area contributed by atoms with Crippen LogP contribution in [-0.2, 0) is 18.9 Å². The van der Waals surface area contributed by atoms with Gasteiger partial charge in [0.2, 0.25) is 0 Å². The number of hydrogen-bond donors (Lipinski definition) is 2. The van der Waals surface area contributed by atoms with Gasteiger partial charge in [-0.1, -0.05) is 0 Å². The highest BCUT2D eigenvalue weighted by molar-refractivity contribution is 6.00. The molecule has 0 fully saturated rings. The second-order valence-corrected chi connectivity index (χ2v) is 7.75. The summed E-state index contributed by atoms with van der Waals surface area (Å²) in [6.45, 7) is 5.22. The van der Waals surface area contributed by atoms with Crippen molar-refractivity contribution in [2.24, 2.45) is 0 Å². The predicted octanol–water partition coefficient (Wildman–Crippen LogP) is 2.94. The summed E-state index contributed by atoms with van der Waals surface area (Å²) < 4.78 is 44.9. The number of amides is 2. The van der Waals surface area contributed by atoms with Crippen molar-refractivity contribution in [3.63, 3.8) is 0 Å². The molecule has 196 valence electrons. The number of anilines is 2. The molecule has 0 aliphatic carbocycles. The van der Waals surface area contributed by atoms with E-state index >= 15 is 0 Å². The fourth-order valence-electron chi connectivity index (χ4n) is 3.42. The minimum Gasteiger partial charge on any atom is -0.487 e. The molecule has 0 aromatic heterocycles. The first-order valence-electron chi connectivity index (χ1n) is 12.0. The molecule has 0 radical (unpaired) electrons. The van der Waals surface area contributed by atoms with Crippen LogP contribution < -0.4 is 29.6 Å². The van der Waals surface area contributed by atoms with E-state index in [1.54, 1.807) is 36.4 Å². The van der Waals surface area contributed by atoms with Gasteiger partial charge in [0.25, 0.3) is 0 Å². The van der Waals surface area contributed by atoms with Crippen LogP contribution in [0.25, 0.3) is 0 Å². The third-order valence-corrected chi connectivity index (χ3v) is 5.09. The molecule has 2 heterocycles. The zero-order chi connectivity index (χ0) is 24.8. The fraction of sp³-hybridized carbons (Fsp3) is 0.480. The minimum atomic E-state index is -0.425. The van der Waals surface area contributed by atoms with E-state index in [1.807, 2.05) is 0 Å². The van der Waals surface area contributed by atoms with E-state index in [1.165, 1.54) is 0 Å². The molecule has 0 bridgehead atoms. The summed E-state index contributed by atoms with van der Waals surface area (Å²) in [6, 6.07) is 9.96. The number of ether oxygens (including phenoxy) is 8. The molecular formula is C25H32N2O9. The van der Waals surface area contributed by atoms with E-state index < -0.39 is 6.03 Å². The number of benzene rings is 2. The van der Waals surface area contributed by atoms with Crippen molar-refractivity contribution in [2.75, 3.05) is 89.9 Å². The van der Waals surface area contributed by atoms with Crippen molar-refractivity contribution < 1.29 is 42.7 Å². The van der Waals surface area contributed by atoms with E-state index in [9.17, 15) is 4.79 Å². The fourth-order valence-corrected chi connectivity index (χ4v) is 3.42. The van der Waals surface area contributed by atoms with Gasteiger partial charge in [-0.05, 0) is 24.3 Å². The van der Waals surface area contributed by atoms with Gasteiger partial charge in [0.1, 0.15) is 26.4 Å². The lowest BCUT2D eigenvalue weighted by molar-refractivity contribution is 0.0223. The summed E-state index contributed by atoms with van der Waals surface area (Å²) in [7, 11) is 0. The molecule has 11 heteroatoms. The minimum absolute atomic E-state index is 0.348. The summed E-state index contributed by atoms with van der Waals surface area (Å²) >= 11 is 0. The Morgan fingerprint density at radius 3 is 1.19 bits per heavy atom. The number of nitrogens with one attached hydrogen (secondary N) is 2. The van der Waals surface area contributed by atoms with Gasteiger partial charge in [-0.2, -0.15) is 0 Å². The van der Waals surface area contributed by atoms with Gasteiger partial charge < -0.3 is 48.5 Å². The molecule has 2 aromatic carbocycles. The summed E-state index contributed by atoms with van der Waals surface area (Å²) in [4.78, 5) is 12.7. The summed E-state index contributed by atoms with van der Waals surface area (Å²) in [5.74, 6) is 2.15. The van der Waals surface area contributed by atoms with Crippen LogP contribution in [0.5, 0.6) is 23.0 Å². The normalized spacial score (nSPS) is 17.8. The molecule has 36 heavy (non-hydrogen) atoms. The molecule has 0 spiro atoms. The number of fused-ring (bicyclic) bond motifs is 2. The average Bonchev–Trinajstić information content (AvgIpc) is 2.86. The van der Waals surface area contributed by atoms with Crippen molar-refractivity contribution in [1.82, 2.24) is 0 Å². The first-order valence-corrected chi connectivity index (χ1v) is 12.0. The molecule has 2 aliphatic heterocycles. The number of urea groups is 1. The molecule has 2 amide bonds. The van der Waals surface area contributed by atoms with Crippen LogP contribution in [0.15, 0.2) is 36.4 Å². The monoisotopic (exact) mass is 504 g/mol. The van der Waals surface area contributed by atoms with Gasteiger partial charge in [0, 0.05) is 23.5 Å². The van der Waals surface area contributed by atoms with Crippen LogP contribution in [-0.4, -0.2) is 85.3 Å². The van der Waals surface area contributed by atoms with Crippen molar-refractivity contribution >= 4 is 17.4 Å². The van der Waals surface area contributed by atoms with Crippen molar-refractivity contribution in [2.45, 2.75) is 0 Å². The zero-order valence-corrected chi connectivity index (χ0v) is 20.1. The second-order valence-electron chi connectivity index (χ2n) is 7.75. The number of carbonyl (C=O) groups excluding carboxylic acids is 1. The van der Waals surface area contributed by atoms with E-state index in [-0.39, 0.29) is 0 Å². The smallest absolute Gasteiger partial charge is 0.323 e. The molecular weight excluding hydrogens is 472 g/mol. The molecule has 0 saturated heterocycles. The Morgan fingerprint density at radius 2 is 0.806 bits per heavy atom. The summed E-state index contributed by atoms with van der Waals surface area (Å²) in [5.41, 5.74) is 1.09. The van der Waals surface area contributed by atoms with Gasteiger partial charge in [0.05, 0.1) is 52.9 Å². The molecule has 2 N–H and O–H groups in total. The Bertz CT molecular complexity index is 897. The molecule has 0 unspecified atom stereocenters. The third-order valence-electron chi connectivity index (χ3n) is 5.09. The maximum Gasteiger partial charge on any atom is 0.323 e. The largest absolute Gasteiger partial charge is 0.487 e. The van der Waals surface area contributed by atoms with E-state index in [0.717, 1.165) is 0 Å². The van der Waals surface area contributed by atoms with Crippen LogP contribution in [0.2, 0.25) is 0 Å². The molecule has 2 aliphatic rings. The van der Waals surface area contributed by atoms with E-state index in [0.29, 0.717) is 114 Å².